The van der Waals surface area contributed by atoms with E-state index in [0.29, 0.717) is 12.2 Å². The van der Waals surface area contributed by atoms with Crippen molar-refractivity contribution in [2.45, 2.75) is 25.4 Å². The third-order valence-electron chi connectivity index (χ3n) is 5.55. The van der Waals surface area contributed by atoms with Crippen LogP contribution in [-0.4, -0.2) is 75.5 Å². The van der Waals surface area contributed by atoms with Crippen molar-refractivity contribution in [3.8, 4) is 0 Å². The molecule has 2 aliphatic rings. The van der Waals surface area contributed by atoms with Crippen molar-refractivity contribution in [1.29, 1.82) is 0 Å². The molecule has 1 unspecified atom stereocenters. The Hall–Kier alpha value is -2.94. The first-order valence-corrected chi connectivity index (χ1v) is 10.8. The van der Waals surface area contributed by atoms with Crippen LogP contribution in [-0.2, 0) is 0 Å². The fourth-order valence-corrected chi connectivity index (χ4v) is 3.86. The van der Waals surface area contributed by atoms with Crippen LogP contribution in [0.1, 0.15) is 19.3 Å². The van der Waals surface area contributed by atoms with Crippen LogP contribution < -0.4 is 31.1 Å². The molecule has 5 N–H and O–H groups in total. The second-order valence-electron chi connectivity index (χ2n) is 8.54. The van der Waals surface area contributed by atoms with Crippen LogP contribution in [0, 0.1) is 0 Å². The largest absolute Gasteiger partial charge is 0.396 e. The first kappa shape index (κ1) is 22.7. The standard InChI is InChI=1S/C11H18N4O.C11H18N4/c1-14(2)11-9(12)3-4-10(13-11)15-6-5-8(16)7-15;1-14(2)11-9(12)5-6-10(13-11)15-7-3-4-8-15/h3-4,8,16H,5-7,12H2,1-2H3;5-6H,3-4,7-8,12H2,1-2H3. The molecule has 0 amide bonds. The highest BCUT2D eigenvalue weighted by Crippen LogP contribution is 2.26. The quantitative estimate of drug-likeness (QED) is 0.669. The molecule has 2 aromatic heterocycles. The van der Waals surface area contributed by atoms with E-state index in [4.69, 9.17) is 11.5 Å². The minimum atomic E-state index is -0.234. The predicted octanol–water partition coefficient (Wildman–Crippen LogP) is 1.63. The number of aliphatic hydroxyl groups excluding tert-OH is 1. The Morgan fingerprint density at radius 1 is 0.806 bits per heavy atom. The fraction of sp³-hybridized carbons (Fsp3) is 0.545. The molecule has 2 aromatic rings. The Labute approximate surface area is 185 Å². The van der Waals surface area contributed by atoms with Crippen molar-refractivity contribution in [3.05, 3.63) is 24.3 Å². The Kier molecular flexibility index (Phi) is 7.27. The average Bonchev–Trinajstić information content (AvgIpc) is 3.41. The van der Waals surface area contributed by atoms with Gasteiger partial charge in [-0.25, -0.2) is 9.97 Å². The van der Waals surface area contributed by atoms with E-state index in [1.54, 1.807) is 0 Å². The second-order valence-corrected chi connectivity index (χ2v) is 8.54. The number of hydrogen-bond acceptors (Lipinski definition) is 9. The van der Waals surface area contributed by atoms with Gasteiger partial charge < -0.3 is 36.2 Å². The van der Waals surface area contributed by atoms with E-state index in [-0.39, 0.29) is 6.10 Å². The van der Waals surface area contributed by atoms with E-state index >= 15 is 0 Å². The summed E-state index contributed by atoms with van der Waals surface area (Å²) in [6.45, 7) is 3.74. The summed E-state index contributed by atoms with van der Waals surface area (Å²) in [6, 6.07) is 7.71. The Balaban J connectivity index is 0.000000176. The van der Waals surface area contributed by atoms with Gasteiger partial charge in [-0.05, 0) is 43.5 Å². The van der Waals surface area contributed by atoms with E-state index in [1.807, 2.05) is 62.3 Å². The number of aliphatic hydroxyl groups is 1. The summed E-state index contributed by atoms with van der Waals surface area (Å²) in [5.41, 5.74) is 13.1. The number of β-amino-alcohol motifs (C(OH)–C–C–N with tert-alkyl or cyclic N) is 1. The van der Waals surface area contributed by atoms with Crippen LogP contribution in [0.25, 0.3) is 0 Å². The van der Waals surface area contributed by atoms with Crippen LogP contribution in [0.4, 0.5) is 34.6 Å². The molecular formula is C22H36N8O. The molecule has 0 aliphatic carbocycles. The molecule has 2 fully saturated rings. The van der Waals surface area contributed by atoms with Crippen molar-refractivity contribution in [2.75, 3.05) is 85.4 Å². The maximum absolute atomic E-state index is 9.49. The zero-order valence-electron chi connectivity index (χ0n) is 19.1. The number of nitrogens with zero attached hydrogens (tertiary/aromatic N) is 6. The fourth-order valence-electron chi connectivity index (χ4n) is 3.86. The minimum absolute atomic E-state index is 0.234. The number of anilines is 6. The second kappa shape index (κ2) is 9.91. The maximum atomic E-state index is 9.49. The summed E-state index contributed by atoms with van der Waals surface area (Å²) in [6.07, 6.45) is 3.11. The minimum Gasteiger partial charge on any atom is -0.396 e. The zero-order chi connectivity index (χ0) is 22.5. The SMILES string of the molecule is CN(C)c1nc(N2CCC(O)C2)ccc1N.CN(C)c1nc(N2CCCC2)ccc1N. The monoisotopic (exact) mass is 428 g/mol. The Morgan fingerprint density at radius 3 is 1.71 bits per heavy atom. The molecule has 9 nitrogen and oxygen atoms in total. The number of nitrogen functional groups attached to an aromatic ring is 2. The first-order chi connectivity index (χ1) is 14.8. The lowest BCUT2D eigenvalue weighted by Crippen LogP contribution is -2.23. The molecule has 1 atom stereocenters. The van der Waals surface area contributed by atoms with Crippen LogP contribution in [0.2, 0.25) is 0 Å². The number of nitrogens with two attached hydrogens (primary N) is 2. The van der Waals surface area contributed by atoms with E-state index in [1.165, 1.54) is 12.8 Å². The molecule has 0 saturated carbocycles. The van der Waals surface area contributed by atoms with E-state index in [9.17, 15) is 5.11 Å². The third kappa shape index (κ3) is 5.61. The summed E-state index contributed by atoms with van der Waals surface area (Å²) in [5.74, 6) is 3.57. The van der Waals surface area contributed by atoms with Gasteiger partial charge in [0.1, 0.15) is 11.6 Å². The van der Waals surface area contributed by atoms with Crippen LogP contribution >= 0.6 is 0 Å². The molecular weight excluding hydrogens is 392 g/mol. The molecule has 9 heteroatoms. The molecule has 0 bridgehead atoms. The van der Waals surface area contributed by atoms with Gasteiger partial charge in [0.25, 0.3) is 0 Å². The molecule has 0 radical (unpaired) electrons. The summed E-state index contributed by atoms with van der Waals surface area (Å²) in [7, 11) is 7.77. The average molecular weight is 429 g/mol. The van der Waals surface area contributed by atoms with Gasteiger partial charge >= 0.3 is 0 Å². The highest BCUT2D eigenvalue weighted by molar-refractivity contribution is 5.66. The number of rotatable bonds is 4. The van der Waals surface area contributed by atoms with Gasteiger partial charge in [-0.15, -0.1) is 0 Å². The highest BCUT2D eigenvalue weighted by Gasteiger charge is 2.22. The molecule has 170 valence electrons. The highest BCUT2D eigenvalue weighted by atomic mass is 16.3. The molecule has 0 aromatic carbocycles. The van der Waals surface area contributed by atoms with Gasteiger partial charge in [0.15, 0.2) is 11.6 Å². The van der Waals surface area contributed by atoms with E-state index in [0.717, 1.165) is 55.0 Å². The van der Waals surface area contributed by atoms with Crippen molar-refractivity contribution >= 4 is 34.6 Å². The summed E-state index contributed by atoms with van der Waals surface area (Å²) in [4.78, 5) is 17.3. The lowest BCUT2D eigenvalue weighted by molar-refractivity contribution is 0.198. The third-order valence-corrected chi connectivity index (χ3v) is 5.55. The Morgan fingerprint density at radius 2 is 1.29 bits per heavy atom. The normalized spacial score (nSPS) is 18.0. The lowest BCUT2D eigenvalue weighted by Gasteiger charge is -2.20. The summed E-state index contributed by atoms with van der Waals surface area (Å²) < 4.78 is 0. The summed E-state index contributed by atoms with van der Waals surface area (Å²) in [5, 5.41) is 9.49. The van der Waals surface area contributed by atoms with Crippen molar-refractivity contribution < 1.29 is 5.11 Å². The predicted molar refractivity (Wildman–Crippen MR) is 130 cm³/mol. The first-order valence-electron chi connectivity index (χ1n) is 10.8. The van der Waals surface area contributed by atoms with Crippen LogP contribution in [0.5, 0.6) is 0 Å². The zero-order valence-corrected chi connectivity index (χ0v) is 19.1. The Bertz CT molecular complexity index is 867. The number of aromatic nitrogens is 2. The van der Waals surface area contributed by atoms with Gasteiger partial charge in [-0.1, -0.05) is 0 Å². The van der Waals surface area contributed by atoms with E-state index < -0.39 is 0 Å². The van der Waals surface area contributed by atoms with Gasteiger partial charge in [0.05, 0.1) is 17.5 Å². The lowest BCUT2D eigenvalue weighted by atomic mass is 10.3. The van der Waals surface area contributed by atoms with Gasteiger partial charge in [-0.3, -0.25) is 0 Å². The smallest absolute Gasteiger partial charge is 0.153 e. The number of pyridine rings is 2. The van der Waals surface area contributed by atoms with Crippen molar-refractivity contribution in [2.24, 2.45) is 0 Å². The van der Waals surface area contributed by atoms with Crippen molar-refractivity contribution in [1.82, 2.24) is 9.97 Å². The number of hydrogen-bond donors (Lipinski definition) is 3. The topological polar surface area (TPSA) is 111 Å². The maximum Gasteiger partial charge on any atom is 0.153 e. The van der Waals surface area contributed by atoms with Gasteiger partial charge in [0.2, 0.25) is 0 Å². The molecule has 2 saturated heterocycles. The van der Waals surface area contributed by atoms with Gasteiger partial charge in [-0.2, -0.15) is 0 Å². The van der Waals surface area contributed by atoms with Crippen molar-refractivity contribution in [3.63, 3.8) is 0 Å². The molecule has 4 rings (SSSR count). The van der Waals surface area contributed by atoms with Gasteiger partial charge in [0, 0.05) is 54.4 Å². The van der Waals surface area contributed by atoms with Crippen LogP contribution in [0.15, 0.2) is 24.3 Å². The molecule has 0 spiro atoms. The molecule has 2 aliphatic heterocycles. The molecule has 31 heavy (non-hydrogen) atoms. The summed E-state index contributed by atoms with van der Waals surface area (Å²) >= 11 is 0. The van der Waals surface area contributed by atoms with E-state index in [2.05, 4.69) is 19.8 Å². The molecule has 4 heterocycles. The van der Waals surface area contributed by atoms with Crippen LogP contribution in [0.3, 0.4) is 0 Å².